The van der Waals surface area contributed by atoms with E-state index in [4.69, 9.17) is 0 Å². The fourth-order valence-electron chi connectivity index (χ4n) is 1.57. The summed E-state index contributed by atoms with van der Waals surface area (Å²) in [4.78, 5) is 0. The lowest BCUT2D eigenvalue weighted by Crippen LogP contribution is -1.95. The zero-order valence-electron chi connectivity index (χ0n) is 7.28. The molecule has 0 nitrogen and oxygen atoms in total. The van der Waals surface area contributed by atoms with Gasteiger partial charge in [-0.05, 0) is 24.1 Å². The topological polar surface area (TPSA) is 0 Å². The minimum Gasteiger partial charge on any atom is -0.0836 e. The average Bonchev–Trinajstić information content (AvgIpc) is 2.19. The van der Waals surface area contributed by atoms with Gasteiger partial charge in [0.2, 0.25) is 0 Å². The molecular weight excluding hydrogens is 224 g/mol. The van der Waals surface area contributed by atoms with E-state index < -0.39 is 0 Å². The van der Waals surface area contributed by atoms with Crippen LogP contribution in [0.4, 0.5) is 0 Å². The lowest BCUT2D eigenvalue weighted by Gasteiger charge is -2.13. The first-order valence-corrected chi connectivity index (χ1v) is 5.24. The summed E-state index contributed by atoms with van der Waals surface area (Å²) in [6, 6.07) is 8.52. The number of halogens is 1. The lowest BCUT2D eigenvalue weighted by atomic mass is 9.93. The Morgan fingerprint density at radius 1 is 1.23 bits per heavy atom. The Labute approximate surface area is 87.1 Å². The molecule has 0 saturated heterocycles. The standard InChI is InChI=1S/C12H11Br/c13-12-8-4-7-11(9-12)10-5-2-1-3-6-10/h1-5,7-10H,6H2. The third kappa shape index (κ3) is 2.10. The molecule has 1 aliphatic carbocycles. The molecular formula is C12H11Br. The van der Waals surface area contributed by atoms with Crippen LogP contribution in [0, 0.1) is 0 Å². The second-order valence-electron chi connectivity index (χ2n) is 3.21. The second kappa shape index (κ2) is 3.93. The van der Waals surface area contributed by atoms with Crippen molar-refractivity contribution >= 4 is 15.9 Å². The Morgan fingerprint density at radius 2 is 2.15 bits per heavy atom. The van der Waals surface area contributed by atoms with Crippen molar-refractivity contribution in [1.82, 2.24) is 0 Å². The summed E-state index contributed by atoms with van der Waals surface area (Å²) in [5.41, 5.74) is 1.38. The van der Waals surface area contributed by atoms with Crippen molar-refractivity contribution in [1.29, 1.82) is 0 Å². The molecule has 0 aliphatic heterocycles. The SMILES string of the molecule is Brc1cccc(C2C=CC=CC2)c1. The van der Waals surface area contributed by atoms with Gasteiger partial charge in [-0.15, -0.1) is 0 Å². The van der Waals surface area contributed by atoms with Crippen molar-refractivity contribution in [2.45, 2.75) is 12.3 Å². The highest BCUT2D eigenvalue weighted by Gasteiger charge is 2.07. The number of hydrogen-bond acceptors (Lipinski definition) is 0. The molecule has 0 amide bonds. The van der Waals surface area contributed by atoms with Crippen LogP contribution in [0.2, 0.25) is 0 Å². The molecule has 1 aromatic carbocycles. The molecule has 1 aromatic rings. The average molecular weight is 235 g/mol. The van der Waals surface area contributed by atoms with Gasteiger partial charge in [0.15, 0.2) is 0 Å². The van der Waals surface area contributed by atoms with Crippen LogP contribution in [0.15, 0.2) is 53.0 Å². The maximum Gasteiger partial charge on any atom is 0.0178 e. The lowest BCUT2D eigenvalue weighted by molar-refractivity contribution is 0.853. The van der Waals surface area contributed by atoms with Crippen molar-refractivity contribution in [3.05, 3.63) is 58.6 Å². The van der Waals surface area contributed by atoms with Gasteiger partial charge in [-0.2, -0.15) is 0 Å². The molecule has 0 spiro atoms. The van der Waals surface area contributed by atoms with Gasteiger partial charge < -0.3 is 0 Å². The summed E-state index contributed by atoms with van der Waals surface area (Å²) >= 11 is 3.49. The summed E-state index contributed by atoms with van der Waals surface area (Å²) < 4.78 is 1.16. The molecule has 1 unspecified atom stereocenters. The van der Waals surface area contributed by atoms with Crippen molar-refractivity contribution in [2.75, 3.05) is 0 Å². The van der Waals surface area contributed by atoms with E-state index in [1.54, 1.807) is 0 Å². The quantitative estimate of drug-likeness (QED) is 0.688. The van der Waals surface area contributed by atoms with Crippen molar-refractivity contribution in [2.24, 2.45) is 0 Å². The predicted molar refractivity (Wildman–Crippen MR) is 59.8 cm³/mol. The van der Waals surface area contributed by atoms with Crippen LogP contribution in [0.3, 0.4) is 0 Å². The van der Waals surface area contributed by atoms with E-state index in [1.807, 2.05) is 0 Å². The minimum absolute atomic E-state index is 0.558. The van der Waals surface area contributed by atoms with E-state index >= 15 is 0 Å². The van der Waals surface area contributed by atoms with Crippen LogP contribution in [-0.4, -0.2) is 0 Å². The Kier molecular flexibility index (Phi) is 2.65. The monoisotopic (exact) mass is 234 g/mol. The van der Waals surface area contributed by atoms with Crippen molar-refractivity contribution < 1.29 is 0 Å². The summed E-state index contributed by atoms with van der Waals surface area (Å²) in [7, 11) is 0. The van der Waals surface area contributed by atoms with E-state index in [0.717, 1.165) is 10.9 Å². The van der Waals surface area contributed by atoms with Gasteiger partial charge in [0.25, 0.3) is 0 Å². The van der Waals surface area contributed by atoms with Crippen LogP contribution in [0.1, 0.15) is 17.9 Å². The molecule has 2 rings (SSSR count). The van der Waals surface area contributed by atoms with Gasteiger partial charge in [0.1, 0.15) is 0 Å². The van der Waals surface area contributed by atoms with Crippen LogP contribution >= 0.6 is 15.9 Å². The molecule has 1 atom stereocenters. The van der Waals surface area contributed by atoms with E-state index in [1.165, 1.54) is 5.56 Å². The Morgan fingerprint density at radius 3 is 2.85 bits per heavy atom. The highest BCUT2D eigenvalue weighted by atomic mass is 79.9. The third-order valence-corrected chi connectivity index (χ3v) is 2.75. The van der Waals surface area contributed by atoms with Crippen LogP contribution < -0.4 is 0 Å². The summed E-state index contributed by atoms with van der Waals surface area (Å²) in [5.74, 6) is 0.558. The summed E-state index contributed by atoms with van der Waals surface area (Å²) in [6.07, 6.45) is 9.81. The van der Waals surface area contributed by atoms with Crippen molar-refractivity contribution in [3.63, 3.8) is 0 Å². The molecule has 1 heteroatoms. The first-order chi connectivity index (χ1) is 6.36. The molecule has 13 heavy (non-hydrogen) atoms. The molecule has 0 aromatic heterocycles. The fourth-order valence-corrected chi connectivity index (χ4v) is 1.98. The number of benzene rings is 1. The molecule has 0 bridgehead atoms. The fraction of sp³-hybridized carbons (Fsp3) is 0.167. The number of allylic oxidation sites excluding steroid dienone is 4. The van der Waals surface area contributed by atoms with Crippen LogP contribution in [0.5, 0.6) is 0 Å². The van der Waals surface area contributed by atoms with Crippen LogP contribution in [-0.2, 0) is 0 Å². The normalized spacial score (nSPS) is 20.5. The highest BCUT2D eigenvalue weighted by molar-refractivity contribution is 9.10. The third-order valence-electron chi connectivity index (χ3n) is 2.26. The summed E-state index contributed by atoms with van der Waals surface area (Å²) in [5, 5.41) is 0. The maximum atomic E-state index is 3.49. The second-order valence-corrected chi connectivity index (χ2v) is 4.13. The minimum atomic E-state index is 0.558. The molecule has 0 fully saturated rings. The van der Waals surface area contributed by atoms with Gasteiger partial charge >= 0.3 is 0 Å². The molecule has 0 heterocycles. The van der Waals surface area contributed by atoms with E-state index in [9.17, 15) is 0 Å². The van der Waals surface area contributed by atoms with Gasteiger partial charge in [-0.1, -0.05) is 52.4 Å². The first-order valence-electron chi connectivity index (χ1n) is 4.45. The van der Waals surface area contributed by atoms with Gasteiger partial charge in [0, 0.05) is 10.4 Å². The van der Waals surface area contributed by atoms with Gasteiger partial charge in [0.05, 0.1) is 0 Å². The van der Waals surface area contributed by atoms with Gasteiger partial charge in [-0.25, -0.2) is 0 Å². The molecule has 66 valence electrons. The molecule has 0 saturated carbocycles. The maximum absolute atomic E-state index is 3.49. The van der Waals surface area contributed by atoms with E-state index in [2.05, 4.69) is 64.5 Å². The van der Waals surface area contributed by atoms with Crippen LogP contribution in [0.25, 0.3) is 0 Å². The number of rotatable bonds is 1. The first kappa shape index (κ1) is 8.76. The highest BCUT2D eigenvalue weighted by Crippen LogP contribution is 2.26. The zero-order chi connectivity index (χ0) is 9.10. The Hall–Kier alpha value is -0.820. The zero-order valence-corrected chi connectivity index (χ0v) is 8.87. The summed E-state index contributed by atoms with van der Waals surface area (Å²) in [6.45, 7) is 0. The predicted octanol–water partition coefficient (Wildman–Crippen LogP) is 4.05. The number of hydrogen-bond donors (Lipinski definition) is 0. The molecule has 0 radical (unpaired) electrons. The smallest absolute Gasteiger partial charge is 0.0178 e. The molecule has 1 aliphatic rings. The van der Waals surface area contributed by atoms with Crippen molar-refractivity contribution in [3.8, 4) is 0 Å². The Bertz CT molecular complexity index is 350. The Balaban J connectivity index is 2.25. The van der Waals surface area contributed by atoms with E-state index in [0.29, 0.717) is 5.92 Å². The largest absolute Gasteiger partial charge is 0.0836 e. The molecule has 0 N–H and O–H groups in total. The van der Waals surface area contributed by atoms with Gasteiger partial charge in [-0.3, -0.25) is 0 Å². The van der Waals surface area contributed by atoms with E-state index in [-0.39, 0.29) is 0 Å².